The number of sulfone groups is 1. The van der Waals surface area contributed by atoms with E-state index < -0.39 is 15.1 Å². The van der Waals surface area contributed by atoms with E-state index in [2.05, 4.69) is 10.6 Å². The van der Waals surface area contributed by atoms with Gasteiger partial charge in [-0.15, -0.1) is 0 Å². The second-order valence-electron chi connectivity index (χ2n) is 6.66. The maximum absolute atomic E-state index is 12.9. The van der Waals surface area contributed by atoms with Crippen LogP contribution in [-0.4, -0.2) is 32.1 Å². The molecule has 0 aliphatic carbocycles. The lowest BCUT2D eigenvalue weighted by atomic mass is 10.1. The van der Waals surface area contributed by atoms with Gasteiger partial charge >= 0.3 is 0 Å². The second kappa shape index (κ2) is 8.02. The van der Waals surface area contributed by atoms with Crippen molar-refractivity contribution in [3.8, 4) is 5.75 Å². The zero-order valence-electron chi connectivity index (χ0n) is 15.7. The van der Waals surface area contributed by atoms with E-state index in [1.54, 1.807) is 6.07 Å². The van der Waals surface area contributed by atoms with Crippen molar-refractivity contribution in [3.63, 3.8) is 0 Å². The fourth-order valence-corrected chi connectivity index (χ4v) is 4.30. The molecule has 2 N–H and O–H groups in total. The summed E-state index contributed by atoms with van der Waals surface area (Å²) in [5.41, 5.74) is 2.03. The molecule has 148 valence electrons. The SMILES string of the molecule is CCc1cccc(NC(=O)CC(C)S(=O)(=O)c2ccc3c(c2)NC(=O)CO3)c1. The van der Waals surface area contributed by atoms with Crippen LogP contribution in [0, 0.1) is 0 Å². The lowest BCUT2D eigenvalue weighted by molar-refractivity contribution is -0.118. The highest BCUT2D eigenvalue weighted by atomic mass is 32.2. The normalized spacial score (nSPS) is 14.4. The van der Waals surface area contributed by atoms with E-state index in [4.69, 9.17) is 4.74 Å². The zero-order chi connectivity index (χ0) is 20.3. The van der Waals surface area contributed by atoms with E-state index in [0.717, 1.165) is 12.0 Å². The molecule has 3 rings (SSSR count). The second-order valence-corrected chi connectivity index (χ2v) is 9.02. The Morgan fingerprint density at radius 3 is 2.79 bits per heavy atom. The number of aryl methyl sites for hydroxylation is 1. The smallest absolute Gasteiger partial charge is 0.262 e. The summed E-state index contributed by atoms with van der Waals surface area (Å²) in [4.78, 5) is 23.8. The number of amides is 2. The van der Waals surface area contributed by atoms with Crippen LogP contribution in [0.25, 0.3) is 0 Å². The Bertz CT molecular complexity index is 1020. The molecule has 2 aromatic carbocycles. The number of fused-ring (bicyclic) bond motifs is 1. The van der Waals surface area contributed by atoms with E-state index in [1.165, 1.54) is 25.1 Å². The van der Waals surface area contributed by atoms with Crippen LogP contribution in [0.4, 0.5) is 11.4 Å². The first kappa shape index (κ1) is 19.9. The number of hydrogen-bond donors (Lipinski definition) is 2. The summed E-state index contributed by atoms with van der Waals surface area (Å²) in [7, 11) is -3.76. The van der Waals surface area contributed by atoms with Crippen LogP contribution in [-0.2, 0) is 25.8 Å². The lowest BCUT2D eigenvalue weighted by Crippen LogP contribution is -2.27. The molecule has 0 spiro atoms. The summed E-state index contributed by atoms with van der Waals surface area (Å²) < 4.78 is 31.0. The van der Waals surface area contributed by atoms with Gasteiger partial charge in [-0.05, 0) is 49.2 Å². The van der Waals surface area contributed by atoms with Gasteiger partial charge in [0.15, 0.2) is 16.4 Å². The van der Waals surface area contributed by atoms with Gasteiger partial charge in [-0.2, -0.15) is 0 Å². The Labute approximate surface area is 164 Å². The third kappa shape index (κ3) is 4.33. The number of hydrogen-bond acceptors (Lipinski definition) is 5. The van der Waals surface area contributed by atoms with Crippen LogP contribution in [0.15, 0.2) is 47.4 Å². The minimum absolute atomic E-state index is 0.0327. The Morgan fingerprint density at radius 1 is 1.25 bits per heavy atom. The summed E-state index contributed by atoms with van der Waals surface area (Å²) in [6.07, 6.45) is 0.658. The van der Waals surface area contributed by atoms with E-state index in [9.17, 15) is 18.0 Å². The van der Waals surface area contributed by atoms with Crippen molar-refractivity contribution >= 4 is 33.0 Å². The van der Waals surface area contributed by atoms with Gasteiger partial charge in [0.1, 0.15) is 5.75 Å². The molecule has 28 heavy (non-hydrogen) atoms. The van der Waals surface area contributed by atoms with Crippen LogP contribution >= 0.6 is 0 Å². The number of anilines is 2. The molecule has 0 bridgehead atoms. The molecule has 8 heteroatoms. The van der Waals surface area contributed by atoms with Crippen molar-refractivity contribution in [1.29, 1.82) is 0 Å². The fourth-order valence-electron chi connectivity index (χ4n) is 2.92. The van der Waals surface area contributed by atoms with E-state index in [-0.39, 0.29) is 29.7 Å². The number of benzene rings is 2. The minimum Gasteiger partial charge on any atom is -0.482 e. The standard InChI is InChI=1S/C20H22N2O5S/c1-3-14-5-4-6-15(10-14)21-19(23)9-13(2)28(25,26)16-7-8-18-17(11-16)22-20(24)12-27-18/h4-8,10-11,13H,3,9,12H2,1-2H3,(H,21,23)(H,22,24). The molecule has 0 aromatic heterocycles. The van der Waals surface area contributed by atoms with Gasteiger partial charge in [0.2, 0.25) is 5.91 Å². The van der Waals surface area contributed by atoms with Crippen LogP contribution in [0.2, 0.25) is 0 Å². The molecule has 2 aromatic rings. The Morgan fingerprint density at radius 2 is 2.04 bits per heavy atom. The molecule has 1 atom stereocenters. The van der Waals surface area contributed by atoms with Crippen molar-refractivity contribution in [2.45, 2.75) is 36.8 Å². The largest absolute Gasteiger partial charge is 0.482 e. The number of ether oxygens (including phenoxy) is 1. The molecule has 0 radical (unpaired) electrons. The predicted molar refractivity (Wildman–Crippen MR) is 106 cm³/mol. The van der Waals surface area contributed by atoms with Gasteiger partial charge in [-0.3, -0.25) is 9.59 Å². The molecular weight excluding hydrogens is 380 g/mol. The van der Waals surface area contributed by atoms with Gasteiger partial charge in [-0.25, -0.2) is 8.42 Å². The lowest BCUT2D eigenvalue weighted by Gasteiger charge is -2.19. The molecule has 0 saturated heterocycles. The number of rotatable bonds is 6. The molecule has 1 heterocycles. The molecule has 0 saturated carbocycles. The number of nitrogens with one attached hydrogen (secondary N) is 2. The predicted octanol–water partition coefficient (Wildman–Crippen LogP) is 2.77. The summed E-state index contributed by atoms with van der Waals surface area (Å²) in [5, 5.41) is 4.40. The van der Waals surface area contributed by atoms with Gasteiger partial charge in [0, 0.05) is 12.1 Å². The highest BCUT2D eigenvalue weighted by molar-refractivity contribution is 7.92. The van der Waals surface area contributed by atoms with Crippen molar-refractivity contribution in [3.05, 3.63) is 48.0 Å². The van der Waals surface area contributed by atoms with Gasteiger partial charge in [-0.1, -0.05) is 19.1 Å². The van der Waals surface area contributed by atoms with Gasteiger partial charge < -0.3 is 15.4 Å². The average molecular weight is 402 g/mol. The van der Waals surface area contributed by atoms with Crippen molar-refractivity contribution in [2.24, 2.45) is 0 Å². The van der Waals surface area contributed by atoms with Crippen molar-refractivity contribution in [1.82, 2.24) is 0 Å². The molecule has 7 nitrogen and oxygen atoms in total. The quantitative estimate of drug-likeness (QED) is 0.774. The van der Waals surface area contributed by atoms with Crippen LogP contribution < -0.4 is 15.4 Å². The van der Waals surface area contributed by atoms with Crippen LogP contribution in [0.1, 0.15) is 25.8 Å². The molecule has 2 amide bonds. The van der Waals surface area contributed by atoms with Crippen LogP contribution in [0.3, 0.4) is 0 Å². The highest BCUT2D eigenvalue weighted by Gasteiger charge is 2.27. The minimum atomic E-state index is -3.76. The average Bonchev–Trinajstić information content (AvgIpc) is 2.67. The van der Waals surface area contributed by atoms with E-state index >= 15 is 0 Å². The fraction of sp³-hybridized carbons (Fsp3) is 0.300. The maximum atomic E-state index is 12.9. The van der Waals surface area contributed by atoms with E-state index in [0.29, 0.717) is 17.1 Å². The monoisotopic (exact) mass is 402 g/mol. The third-order valence-corrected chi connectivity index (χ3v) is 6.67. The first-order chi connectivity index (χ1) is 13.3. The summed E-state index contributed by atoms with van der Waals surface area (Å²) >= 11 is 0. The molecule has 1 aliphatic heterocycles. The van der Waals surface area contributed by atoms with Gasteiger partial charge in [0.05, 0.1) is 15.8 Å². The highest BCUT2D eigenvalue weighted by Crippen LogP contribution is 2.31. The molecular formula is C20H22N2O5S. The zero-order valence-corrected chi connectivity index (χ0v) is 16.5. The topological polar surface area (TPSA) is 102 Å². The Kier molecular flexibility index (Phi) is 5.69. The van der Waals surface area contributed by atoms with Gasteiger partial charge in [0.25, 0.3) is 5.91 Å². The first-order valence-corrected chi connectivity index (χ1v) is 10.5. The third-order valence-electron chi connectivity index (χ3n) is 4.53. The molecule has 1 aliphatic rings. The Balaban J connectivity index is 1.72. The first-order valence-electron chi connectivity index (χ1n) is 8.99. The van der Waals surface area contributed by atoms with Crippen molar-refractivity contribution in [2.75, 3.05) is 17.2 Å². The Hall–Kier alpha value is -2.87. The number of carbonyl (C=O) groups excluding carboxylic acids is 2. The number of carbonyl (C=O) groups is 2. The summed E-state index contributed by atoms with van der Waals surface area (Å²) in [6, 6.07) is 11.7. The maximum Gasteiger partial charge on any atom is 0.262 e. The summed E-state index contributed by atoms with van der Waals surface area (Å²) in [5.74, 6) is -0.303. The van der Waals surface area contributed by atoms with Crippen LogP contribution in [0.5, 0.6) is 5.75 Å². The summed E-state index contributed by atoms with van der Waals surface area (Å²) in [6.45, 7) is 3.41. The van der Waals surface area contributed by atoms with Crippen molar-refractivity contribution < 1.29 is 22.7 Å². The molecule has 0 fully saturated rings. The molecule has 1 unspecified atom stereocenters. The van der Waals surface area contributed by atoms with E-state index in [1.807, 2.05) is 25.1 Å².